The number of nitriles is 1. The lowest BCUT2D eigenvalue weighted by atomic mass is 10.2. The molecule has 0 unspecified atom stereocenters. The average Bonchev–Trinajstić information content (AvgIpc) is 2.67. The number of nitrogens with one attached hydrogen (secondary N) is 2. The minimum absolute atomic E-state index is 0.265. The highest BCUT2D eigenvalue weighted by atomic mass is 32.2. The number of urea groups is 1. The minimum Gasteiger partial charge on any atom is -0.452 e. The van der Waals surface area contributed by atoms with Gasteiger partial charge in [0.25, 0.3) is 5.91 Å². The zero-order chi connectivity index (χ0) is 19.6. The van der Waals surface area contributed by atoms with Crippen LogP contribution in [-0.4, -0.2) is 31.1 Å². The van der Waals surface area contributed by atoms with Crippen molar-refractivity contribution in [3.8, 4) is 6.07 Å². The zero-order valence-corrected chi connectivity index (χ0v) is 15.3. The molecule has 0 aliphatic rings. The van der Waals surface area contributed by atoms with Gasteiger partial charge in [0.2, 0.25) is 0 Å². The molecule has 0 aromatic heterocycles. The summed E-state index contributed by atoms with van der Waals surface area (Å²) in [7, 11) is 0. The Morgan fingerprint density at radius 2 is 1.74 bits per heavy atom. The molecule has 0 aliphatic heterocycles. The molecule has 0 saturated carbocycles. The SMILES string of the molecule is CCNC(=O)NC(=O)COC(=O)c1ccccc1Sc1ccccc1C#N. The Bertz CT molecular complexity index is 893. The summed E-state index contributed by atoms with van der Waals surface area (Å²) in [5, 5.41) is 13.6. The van der Waals surface area contributed by atoms with Crippen molar-refractivity contribution in [3.63, 3.8) is 0 Å². The second-order valence-electron chi connectivity index (χ2n) is 5.19. The van der Waals surface area contributed by atoms with E-state index in [9.17, 15) is 19.6 Å². The third-order valence-electron chi connectivity index (χ3n) is 3.26. The van der Waals surface area contributed by atoms with E-state index in [0.717, 1.165) is 0 Å². The van der Waals surface area contributed by atoms with Gasteiger partial charge in [-0.15, -0.1) is 0 Å². The van der Waals surface area contributed by atoms with Gasteiger partial charge in [0.15, 0.2) is 6.61 Å². The van der Waals surface area contributed by atoms with Crippen LogP contribution in [0.2, 0.25) is 0 Å². The summed E-state index contributed by atoms with van der Waals surface area (Å²) in [4.78, 5) is 36.5. The van der Waals surface area contributed by atoms with Crippen molar-refractivity contribution in [1.29, 1.82) is 5.26 Å². The summed E-state index contributed by atoms with van der Waals surface area (Å²) in [5.41, 5.74) is 0.757. The van der Waals surface area contributed by atoms with Crippen LogP contribution in [0.1, 0.15) is 22.8 Å². The summed E-state index contributed by atoms with van der Waals surface area (Å²) in [6, 6.07) is 15.2. The van der Waals surface area contributed by atoms with Gasteiger partial charge < -0.3 is 10.1 Å². The lowest BCUT2D eigenvalue weighted by Crippen LogP contribution is -2.41. The van der Waals surface area contributed by atoms with Gasteiger partial charge in [0, 0.05) is 16.3 Å². The van der Waals surface area contributed by atoms with E-state index in [4.69, 9.17) is 4.74 Å². The molecule has 138 valence electrons. The zero-order valence-electron chi connectivity index (χ0n) is 14.5. The minimum atomic E-state index is -0.728. The van der Waals surface area contributed by atoms with Gasteiger partial charge in [-0.2, -0.15) is 5.26 Å². The number of imide groups is 1. The molecule has 0 radical (unpaired) electrons. The van der Waals surface area contributed by atoms with Crippen LogP contribution in [0.25, 0.3) is 0 Å². The van der Waals surface area contributed by atoms with Gasteiger partial charge in [-0.05, 0) is 31.2 Å². The second kappa shape index (κ2) is 9.99. The molecule has 0 fully saturated rings. The Morgan fingerprint density at radius 1 is 1.07 bits per heavy atom. The molecule has 8 heteroatoms. The van der Waals surface area contributed by atoms with Crippen LogP contribution >= 0.6 is 11.8 Å². The molecule has 0 spiro atoms. The van der Waals surface area contributed by atoms with Crippen LogP contribution in [0.3, 0.4) is 0 Å². The predicted octanol–water partition coefficient (Wildman–Crippen LogP) is 2.71. The molecule has 0 bridgehead atoms. The number of benzene rings is 2. The fourth-order valence-electron chi connectivity index (χ4n) is 2.07. The third kappa shape index (κ3) is 5.87. The van der Waals surface area contributed by atoms with E-state index in [1.807, 2.05) is 5.32 Å². The van der Waals surface area contributed by atoms with Crippen molar-refractivity contribution in [2.75, 3.05) is 13.2 Å². The van der Waals surface area contributed by atoms with Gasteiger partial charge in [0.1, 0.15) is 6.07 Å². The number of amides is 3. The highest BCUT2D eigenvalue weighted by Gasteiger charge is 2.16. The second-order valence-corrected chi connectivity index (χ2v) is 6.27. The van der Waals surface area contributed by atoms with Gasteiger partial charge in [-0.3, -0.25) is 10.1 Å². The molecule has 0 aliphatic carbocycles. The highest BCUT2D eigenvalue weighted by molar-refractivity contribution is 7.99. The van der Waals surface area contributed by atoms with Crippen LogP contribution < -0.4 is 10.6 Å². The van der Waals surface area contributed by atoms with Crippen molar-refractivity contribution >= 4 is 29.7 Å². The molecule has 2 rings (SSSR count). The average molecular weight is 383 g/mol. The Balaban J connectivity index is 2.06. The van der Waals surface area contributed by atoms with Crippen molar-refractivity contribution in [1.82, 2.24) is 10.6 Å². The normalized spacial score (nSPS) is 9.78. The Labute approximate surface area is 160 Å². The Morgan fingerprint density at radius 3 is 2.44 bits per heavy atom. The first-order valence-corrected chi connectivity index (χ1v) is 8.87. The smallest absolute Gasteiger partial charge is 0.339 e. The maximum atomic E-state index is 12.3. The lowest BCUT2D eigenvalue weighted by molar-refractivity contribution is -0.123. The third-order valence-corrected chi connectivity index (χ3v) is 4.41. The molecule has 2 N–H and O–H groups in total. The standard InChI is InChI=1S/C19H17N3O4S/c1-2-21-19(25)22-17(23)12-26-18(24)14-8-4-6-10-16(14)27-15-9-5-3-7-13(15)11-20/h3-10H,2,12H2,1H3,(H2,21,22,23,25). The summed E-state index contributed by atoms with van der Waals surface area (Å²) < 4.78 is 4.99. The maximum Gasteiger partial charge on any atom is 0.339 e. The number of hydrogen-bond donors (Lipinski definition) is 2. The molecular formula is C19H17N3O4S. The van der Waals surface area contributed by atoms with Crippen LogP contribution in [0.15, 0.2) is 58.3 Å². The molecule has 27 heavy (non-hydrogen) atoms. The van der Waals surface area contributed by atoms with Gasteiger partial charge in [-0.25, -0.2) is 9.59 Å². The largest absolute Gasteiger partial charge is 0.452 e. The molecule has 7 nitrogen and oxygen atoms in total. The van der Waals surface area contributed by atoms with Crippen molar-refractivity contribution in [2.45, 2.75) is 16.7 Å². The predicted molar refractivity (Wildman–Crippen MR) is 99.2 cm³/mol. The van der Waals surface area contributed by atoms with E-state index in [2.05, 4.69) is 11.4 Å². The van der Waals surface area contributed by atoms with Gasteiger partial charge >= 0.3 is 12.0 Å². The highest BCUT2D eigenvalue weighted by Crippen LogP contribution is 2.32. The summed E-state index contributed by atoms with van der Waals surface area (Å²) in [5.74, 6) is -1.42. The first-order chi connectivity index (χ1) is 13.0. The summed E-state index contributed by atoms with van der Waals surface area (Å²) >= 11 is 1.26. The number of nitrogens with zero attached hydrogens (tertiary/aromatic N) is 1. The van der Waals surface area contributed by atoms with Crippen molar-refractivity contribution in [3.05, 3.63) is 59.7 Å². The number of carbonyl (C=O) groups excluding carboxylic acids is 3. The van der Waals surface area contributed by atoms with E-state index in [1.165, 1.54) is 11.8 Å². The first-order valence-electron chi connectivity index (χ1n) is 8.06. The summed E-state index contributed by atoms with van der Waals surface area (Å²) in [6.45, 7) is 1.50. The number of hydrogen-bond acceptors (Lipinski definition) is 6. The number of esters is 1. The monoisotopic (exact) mass is 383 g/mol. The number of ether oxygens (including phenoxy) is 1. The number of rotatable bonds is 6. The molecule has 3 amide bonds. The van der Waals surface area contributed by atoms with Crippen LogP contribution in [0.4, 0.5) is 4.79 Å². The van der Waals surface area contributed by atoms with Crippen LogP contribution in [-0.2, 0) is 9.53 Å². The summed E-state index contributed by atoms with van der Waals surface area (Å²) in [6.07, 6.45) is 0. The molecule has 0 heterocycles. The van der Waals surface area contributed by atoms with E-state index in [1.54, 1.807) is 55.5 Å². The lowest BCUT2D eigenvalue weighted by Gasteiger charge is -2.10. The quantitative estimate of drug-likeness (QED) is 0.743. The van der Waals surface area contributed by atoms with Crippen molar-refractivity contribution < 1.29 is 19.1 Å². The first kappa shape index (κ1) is 20.0. The molecule has 2 aromatic carbocycles. The van der Waals surface area contributed by atoms with Crippen molar-refractivity contribution in [2.24, 2.45) is 0 Å². The fourth-order valence-corrected chi connectivity index (χ4v) is 3.08. The number of carbonyl (C=O) groups is 3. The Hall–Kier alpha value is -3.31. The van der Waals surface area contributed by atoms with E-state index in [-0.39, 0.29) is 5.56 Å². The van der Waals surface area contributed by atoms with Gasteiger partial charge in [-0.1, -0.05) is 36.0 Å². The molecular weight excluding hydrogens is 366 g/mol. The van der Waals surface area contributed by atoms with Crippen LogP contribution in [0.5, 0.6) is 0 Å². The van der Waals surface area contributed by atoms with E-state index < -0.39 is 24.5 Å². The van der Waals surface area contributed by atoms with Gasteiger partial charge in [0.05, 0.1) is 11.1 Å². The molecule has 2 aromatic rings. The van der Waals surface area contributed by atoms with E-state index >= 15 is 0 Å². The fraction of sp³-hybridized carbons (Fsp3) is 0.158. The topological polar surface area (TPSA) is 108 Å². The Kier molecular flexibility index (Phi) is 7.40. The van der Waals surface area contributed by atoms with E-state index in [0.29, 0.717) is 21.9 Å². The molecule has 0 atom stereocenters. The van der Waals surface area contributed by atoms with Crippen LogP contribution in [0, 0.1) is 11.3 Å². The maximum absolute atomic E-state index is 12.3. The molecule has 0 saturated heterocycles.